The third kappa shape index (κ3) is 2.38. The Bertz CT molecular complexity index is 539. The summed E-state index contributed by atoms with van der Waals surface area (Å²) in [5.74, 6) is 0.459. The van der Waals surface area contributed by atoms with Gasteiger partial charge in [0, 0.05) is 36.2 Å². The summed E-state index contributed by atoms with van der Waals surface area (Å²) >= 11 is 0. The largest absolute Gasteiger partial charge is 0.310 e. The van der Waals surface area contributed by atoms with Crippen LogP contribution in [0, 0.1) is 0 Å². The number of aromatic nitrogens is 2. The molecule has 0 saturated heterocycles. The van der Waals surface area contributed by atoms with Crippen molar-refractivity contribution in [1.82, 2.24) is 15.3 Å². The highest BCUT2D eigenvalue weighted by atomic mass is 14.9. The van der Waals surface area contributed by atoms with E-state index in [9.17, 15) is 0 Å². The van der Waals surface area contributed by atoms with E-state index in [1.54, 1.807) is 0 Å². The highest BCUT2D eigenvalue weighted by Crippen LogP contribution is 2.40. The molecule has 2 heterocycles. The normalized spacial score (nSPS) is 19.1. The van der Waals surface area contributed by atoms with Crippen LogP contribution < -0.4 is 5.32 Å². The van der Waals surface area contributed by atoms with Gasteiger partial charge in [-0.1, -0.05) is 19.1 Å². The zero-order valence-electron chi connectivity index (χ0n) is 11.2. The first-order chi connectivity index (χ1) is 9.40. The number of pyridine rings is 2. The standard InChI is InChI=1S/C16H19N3/c1-2-18-16(13-6-3-9-17-11-13)14-8-7-12-5-4-10-19-15(12)14/h3-6,9-11,14,16,18H,2,7-8H2,1H3. The fourth-order valence-corrected chi connectivity index (χ4v) is 3.04. The molecule has 2 aromatic heterocycles. The van der Waals surface area contributed by atoms with Gasteiger partial charge in [0.2, 0.25) is 0 Å². The Morgan fingerprint density at radius 3 is 3.00 bits per heavy atom. The highest BCUT2D eigenvalue weighted by molar-refractivity contribution is 5.32. The first-order valence-corrected chi connectivity index (χ1v) is 6.97. The average molecular weight is 253 g/mol. The molecule has 0 aliphatic heterocycles. The number of nitrogens with zero attached hydrogens (tertiary/aromatic N) is 2. The lowest BCUT2D eigenvalue weighted by Crippen LogP contribution is -2.26. The second kappa shape index (κ2) is 5.49. The molecular formula is C16H19N3. The maximum absolute atomic E-state index is 4.61. The molecule has 0 fully saturated rings. The minimum Gasteiger partial charge on any atom is -0.310 e. The maximum Gasteiger partial charge on any atom is 0.0485 e. The minimum absolute atomic E-state index is 0.315. The molecule has 19 heavy (non-hydrogen) atoms. The summed E-state index contributed by atoms with van der Waals surface area (Å²) < 4.78 is 0. The topological polar surface area (TPSA) is 37.8 Å². The van der Waals surface area contributed by atoms with Crippen molar-refractivity contribution in [1.29, 1.82) is 0 Å². The Hall–Kier alpha value is -1.74. The Morgan fingerprint density at radius 1 is 1.32 bits per heavy atom. The smallest absolute Gasteiger partial charge is 0.0485 e. The summed E-state index contributed by atoms with van der Waals surface area (Å²) in [6.07, 6.45) is 8.00. The number of likely N-dealkylation sites (N-methyl/N-ethyl adjacent to an activating group) is 1. The van der Waals surface area contributed by atoms with E-state index in [0.29, 0.717) is 12.0 Å². The van der Waals surface area contributed by atoms with Gasteiger partial charge in [0.15, 0.2) is 0 Å². The lowest BCUT2D eigenvalue weighted by Gasteiger charge is -2.24. The first kappa shape index (κ1) is 12.3. The van der Waals surface area contributed by atoms with E-state index in [2.05, 4.69) is 34.3 Å². The molecule has 1 N–H and O–H groups in total. The fourth-order valence-electron chi connectivity index (χ4n) is 3.04. The van der Waals surface area contributed by atoms with Crippen LogP contribution >= 0.6 is 0 Å². The van der Waals surface area contributed by atoms with E-state index in [4.69, 9.17) is 0 Å². The molecule has 0 spiro atoms. The van der Waals surface area contributed by atoms with Gasteiger partial charge in [0.1, 0.15) is 0 Å². The van der Waals surface area contributed by atoms with Crippen molar-refractivity contribution in [2.75, 3.05) is 6.54 Å². The SMILES string of the molecule is CCNC(c1cccnc1)C1CCc2cccnc21. The third-order valence-corrected chi connectivity index (χ3v) is 3.87. The molecule has 3 rings (SSSR count). The van der Waals surface area contributed by atoms with E-state index in [1.807, 2.05) is 30.7 Å². The van der Waals surface area contributed by atoms with E-state index < -0.39 is 0 Å². The molecule has 1 aliphatic rings. The lowest BCUT2D eigenvalue weighted by molar-refractivity contribution is 0.446. The summed E-state index contributed by atoms with van der Waals surface area (Å²) in [7, 11) is 0. The zero-order valence-corrected chi connectivity index (χ0v) is 11.2. The van der Waals surface area contributed by atoms with Gasteiger partial charge in [-0.3, -0.25) is 9.97 Å². The molecule has 3 nitrogen and oxygen atoms in total. The monoisotopic (exact) mass is 253 g/mol. The number of hydrogen-bond donors (Lipinski definition) is 1. The molecule has 2 unspecified atom stereocenters. The summed E-state index contributed by atoms with van der Waals surface area (Å²) in [6.45, 7) is 3.11. The Balaban J connectivity index is 1.94. The van der Waals surface area contributed by atoms with Gasteiger partial charge in [0.05, 0.1) is 0 Å². The van der Waals surface area contributed by atoms with E-state index >= 15 is 0 Å². The molecule has 1 aliphatic carbocycles. The first-order valence-electron chi connectivity index (χ1n) is 6.97. The second-order valence-corrected chi connectivity index (χ2v) is 5.01. The Morgan fingerprint density at radius 2 is 2.21 bits per heavy atom. The number of rotatable bonds is 4. The molecule has 0 radical (unpaired) electrons. The number of nitrogens with one attached hydrogen (secondary N) is 1. The predicted octanol–water partition coefficient (Wildman–Crippen LogP) is 2.86. The molecule has 0 saturated carbocycles. The summed E-state index contributed by atoms with van der Waals surface area (Å²) in [4.78, 5) is 8.86. The van der Waals surface area contributed by atoms with Crippen LogP contribution in [0.4, 0.5) is 0 Å². The van der Waals surface area contributed by atoms with Crippen molar-refractivity contribution < 1.29 is 0 Å². The van der Waals surface area contributed by atoms with Crippen LogP contribution in [0.3, 0.4) is 0 Å². The lowest BCUT2D eigenvalue weighted by atomic mass is 9.91. The maximum atomic E-state index is 4.61. The second-order valence-electron chi connectivity index (χ2n) is 5.01. The van der Waals surface area contributed by atoms with Crippen LogP contribution in [0.15, 0.2) is 42.9 Å². The van der Waals surface area contributed by atoms with E-state index in [1.165, 1.54) is 23.2 Å². The Kier molecular flexibility index (Phi) is 3.56. The van der Waals surface area contributed by atoms with Crippen molar-refractivity contribution in [2.45, 2.75) is 31.7 Å². The fraction of sp³-hybridized carbons (Fsp3) is 0.375. The zero-order chi connectivity index (χ0) is 13.1. The number of fused-ring (bicyclic) bond motifs is 1. The van der Waals surface area contributed by atoms with Crippen LogP contribution in [0.5, 0.6) is 0 Å². The van der Waals surface area contributed by atoms with Crippen LogP contribution in [0.1, 0.15) is 42.1 Å². The molecule has 98 valence electrons. The van der Waals surface area contributed by atoms with Crippen LogP contribution in [0.25, 0.3) is 0 Å². The predicted molar refractivity (Wildman–Crippen MR) is 76.0 cm³/mol. The highest BCUT2D eigenvalue weighted by Gasteiger charge is 2.31. The van der Waals surface area contributed by atoms with Crippen molar-refractivity contribution in [3.05, 3.63) is 59.7 Å². The third-order valence-electron chi connectivity index (χ3n) is 3.87. The van der Waals surface area contributed by atoms with Crippen LogP contribution in [-0.2, 0) is 6.42 Å². The van der Waals surface area contributed by atoms with Crippen molar-refractivity contribution in [3.63, 3.8) is 0 Å². The van der Waals surface area contributed by atoms with Gasteiger partial charge in [-0.2, -0.15) is 0 Å². The van der Waals surface area contributed by atoms with Crippen molar-refractivity contribution in [2.24, 2.45) is 0 Å². The molecule has 0 aromatic carbocycles. The quantitative estimate of drug-likeness (QED) is 0.910. The van der Waals surface area contributed by atoms with E-state index in [-0.39, 0.29) is 0 Å². The van der Waals surface area contributed by atoms with Gasteiger partial charge >= 0.3 is 0 Å². The van der Waals surface area contributed by atoms with Crippen LogP contribution in [0.2, 0.25) is 0 Å². The number of aryl methyl sites for hydroxylation is 1. The van der Waals surface area contributed by atoms with E-state index in [0.717, 1.165) is 13.0 Å². The molecular weight excluding hydrogens is 234 g/mol. The van der Waals surface area contributed by atoms with Gasteiger partial charge in [-0.05, 0) is 42.6 Å². The minimum atomic E-state index is 0.315. The summed E-state index contributed by atoms with van der Waals surface area (Å²) in [5.41, 5.74) is 3.92. The van der Waals surface area contributed by atoms with Gasteiger partial charge in [0.25, 0.3) is 0 Å². The van der Waals surface area contributed by atoms with Gasteiger partial charge in [-0.25, -0.2) is 0 Å². The van der Waals surface area contributed by atoms with Gasteiger partial charge in [-0.15, -0.1) is 0 Å². The van der Waals surface area contributed by atoms with Crippen LogP contribution in [-0.4, -0.2) is 16.5 Å². The molecule has 2 atom stereocenters. The average Bonchev–Trinajstić information content (AvgIpc) is 2.89. The molecule has 0 bridgehead atoms. The van der Waals surface area contributed by atoms with Crippen molar-refractivity contribution in [3.8, 4) is 0 Å². The van der Waals surface area contributed by atoms with Crippen molar-refractivity contribution >= 4 is 0 Å². The molecule has 0 amide bonds. The summed E-state index contributed by atoms with van der Waals surface area (Å²) in [5, 5.41) is 3.60. The Labute approximate surface area is 114 Å². The number of hydrogen-bond acceptors (Lipinski definition) is 3. The summed E-state index contributed by atoms with van der Waals surface area (Å²) in [6, 6.07) is 8.71. The molecule has 2 aromatic rings. The van der Waals surface area contributed by atoms with Gasteiger partial charge < -0.3 is 5.32 Å². The molecule has 3 heteroatoms.